The molecule has 1 aliphatic carbocycles. The second-order valence-electron chi connectivity index (χ2n) is 7.71. The van der Waals surface area contributed by atoms with E-state index in [1.165, 1.54) is 34.4 Å². The third-order valence-electron chi connectivity index (χ3n) is 5.51. The molecule has 168 valence electrons. The first-order chi connectivity index (χ1) is 15.5. The number of thiophene rings is 1. The third-order valence-corrected chi connectivity index (χ3v) is 6.42. The molecule has 2 aromatic rings. The first-order valence-electron chi connectivity index (χ1n) is 10.5. The van der Waals surface area contributed by atoms with Gasteiger partial charge in [0.05, 0.1) is 23.3 Å². The summed E-state index contributed by atoms with van der Waals surface area (Å²) in [5.41, 5.74) is 2.04. The number of rotatable bonds is 9. The summed E-state index contributed by atoms with van der Waals surface area (Å²) in [6.07, 6.45) is 2.56. The molecule has 0 atom stereocenters. The zero-order valence-electron chi connectivity index (χ0n) is 17.9. The Labute approximate surface area is 189 Å². The van der Waals surface area contributed by atoms with Crippen molar-refractivity contribution in [3.05, 3.63) is 51.4 Å². The van der Waals surface area contributed by atoms with E-state index >= 15 is 0 Å². The van der Waals surface area contributed by atoms with Crippen LogP contribution in [0, 0.1) is 0 Å². The Morgan fingerprint density at radius 1 is 1.19 bits per heavy atom. The monoisotopic (exact) mass is 456 g/mol. The minimum atomic E-state index is -0.458. The van der Waals surface area contributed by atoms with Crippen molar-refractivity contribution in [3.8, 4) is 0 Å². The van der Waals surface area contributed by atoms with E-state index in [-0.39, 0.29) is 35.7 Å². The van der Waals surface area contributed by atoms with Gasteiger partial charge in [0, 0.05) is 25.8 Å². The van der Waals surface area contributed by atoms with E-state index in [0.717, 1.165) is 18.4 Å². The van der Waals surface area contributed by atoms with Gasteiger partial charge >= 0.3 is 5.97 Å². The molecule has 2 heterocycles. The van der Waals surface area contributed by atoms with Crippen molar-refractivity contribution in [1.82, 2.24) is 4.90 Å². The topological polar surface area (TPSA) is 102 Å². The molecule has 4 rings (SSSR count). The third kappa shape index (κ3) is 4.18. The molecule has 0 bridgehead atoms. The predicted molar refractivity (Wildman–Crippen MR) is 119 cm³/mol. The molecule has 0 saturated heterocycles. The second-order valence-corrected chi connectivity index (χ2v) is 8.59. The van der Waals surface area contributed by atoms with Gasteiger partial charge < -0.3 is 14.8 Å². The maximum absolute atomic E-state index is 12.9. The Hall–Kier alpha value is -3.04. The molecule has 8 nitrogen and oxygen atoms in total. The molecule has 0 spiro atoms. The lowest BCUT2D eigenvalue weighted by atomic mass is 10.0. The molecular weight excluding hydrogens is 432 g/mol. The standard InChI is InChI=1S/C23H24N2O6S/c1-3-31-23(29)18-17(13-5-6-13)12-32-20(18)24-19(26)14-7-8-15-16(11-14)22(28)25(21(15)27)9-4-10-30-2/h7-8,11-13H,3-6,9-10H2,1-2H3,(H,24,26). The fraction of sp³-hybridized carbons (Fsp3) is 0.391. The first-order valence-corrected chi connectivity index (χ1v) is 11.4. The molecule has 0 radical (unpaired) electrons. The van der Waals surface area contributed by atoms with Crippen LogP contribution in [0.5, 0.6) is 0 Å². The summed E-state index contributed by atoms with van der Waals surface area (Å²) in [4.78, 5) is 51.9. The quantitative estimate of drug-likeness (QED) is 0.351. The van der Waals surface area contributed by atoms with Crippen LogP contribution in [0.15, 0.2) is 23.6 Å². The Bertz CT molecular complexity index is 1090. The van der Waals surface area contributed by atoms with Crippen molar-refractivity contribution in [2.45, 2.75) is 32.1 Å². The molecule has 1 fully saturated rings. The summed E-state index contributed by atoms with van der Waals surface area (Å²) >= 11 is 1.29. The number of methoxy groups -OCH3 is 1. The molecule has 32 heavy (non-hydrogen) atoms. The van der Waals surface area contributed by atoms with E-state index in [2.05, 4.69) is 5.32 Å². The van der Waals surface area contributed by atoms with Gasteiger partial charge in [0.15, 0.2) is 0 Å². The molecule has 0 unspecified atom stereocenters. The number of hydrogen-bond acceptors (Lipinski definition) is 7. The van der Waals surface area contributed by atoms with Crippen LogP contribution in [0.4, 0.5) is 5.00 Å². The van der Waals surface area contributed by atoms with Gasteiger partial charge in [0.2, 0.25) is 0 Å². The van der Waals surface area contributed by atoms with Crippen molar-refractivity contribution in [2.24, 2.45) is 0 Å². The lowest BCUT2D eigenvalue weighted by Gasteiger charge is -2.12. The number of hydrogen-bond donors (Lipinski definition) is 1. The number of anilines is 1. The van der Waals surface area contributed by atoms with Crippen molar-refractivity contribution in [3.63, 3.8) is 0 Å². The summed E-state index contributed by atoms with van der Waals surface area (Å²) in [6.45, 7) is 2.67. The van der Waals surface area contributed by atoms with E-state index in [1.807, 2.05) is 5.38 Å². The number of amides is 3. The van der Waals surface area contributed by atoms with Crippen LogP contribution in [0.2, 0.25) is 0 Å². The van der Waals surface area contributed by atoms with E-state index in [1.54, 1.807) is 14.0 Å². The lowest BCUT2D eigenvalue weighted by Crippen LogP contribution is -2.31. The minimum absolute atomic E-state index is 0.204. The van der Waals surface area contributed by atoms with Crippen LogP contribution in [0.3, 0.4) is 0 Å². The fourth-order valence-corrected chi connectivity index (χ4v) is 4.77. The minimum Gasteiger partial charge on any atom is -0.462 e. The number of imide groups is 1. The fourth-order valence-electron chi connectivity index (χ4n) is 3.75. The maximum Gasteiger partial charge on any atom is 0.341 e. The van der Waals surface area contributed by atoms with Crippen LogP contribution >= 0.6 is 11.3 Å². The van der Waals surface area contributed by atoms with Gasteiger partial charge in [-0.15, -0.1) is 11.3 Å². The predicted octanol–water partition coefficient (Wildman–Crippen LogP) is 3.69. The smallest absolute Gasteiger partial charge is 0.341 e. The SMILES string of the molecule is CCOC(=O)c1c(C2CC2)csc1NC(=O)c1ccc2c(c1)C(=O)N(CCCOC)C2=O. The molecule has 1 saturated carbocycles. The van der Waals surface area contributed by atoms with Crippen LogP contribution in [0.25, 0.3) is 0 Å². The van der Waals surface area contributed by atoms with Gasteiger partial charge in [0.1, 0.15) is 5.00 Å². The Balaban J connectivity index is 1.55. The average Bonchev–Trinajstić information content (AvgIpc) is 3.50. The number of esters is 1. The molecule has 1 aliphatic heterocycles. The van der Waals surface area contributed by atoms with E-state index < -0.39 is 17.8 Å². The van der Waals surface area contributed by atoms with Crippen LogP contribution in [-0.4, -0.2) is 55.5 Å². The largest absolute Gasteiger partial charge is 0.462 e. The number of nitrogens with one attached hydrogen (secondary N) is 1. The van der Waals surface area contributed by atoms with Gasteiger partial charge in [0.25, 0.3) is 17.7 Å². The number of benzene rings is 1. The average molecular weight is 457 g/mol. The number of fused-ring (bicyclic) bond motifs is 1. The van der Waals surface area contributed by atoms with Crippen LogP contribution in [-0.2, 0) is 9.47 Å². The Morgan fingerprint density at radius 2 is 1.94 bits per heavy atom. The van der Waals surface area contributed by atoms with E-state index in [4.69, 9.17) is 9.47 Å². The number of carbonyl (C=O) groups is 4. The molecule has 2 aliphatic rings. The maximum atomic E-state index is 12.9. The Kier molecular flexibility index (Phi) is 6.38. The van der Waals surface area contributed by atoms with Crippen molar-refractivity contribution < 1.29 is 28.7 Å². The van der Waals surface area contributed by atoms with Gasteiger partial charge in [-0.1, -0.05) is 0 Å². The van der Waals surface area contributed by atoms with E-state index in [0.29, 0.717) is 29.5 Å². The van der Waals surface area contributed by atoms with Gasteiger partial charge in [-0.2, -0.15) is 0 Å². The van der Waals surface area contributed by atoms with Gasteiger partial charge in [-0.3, -0.25) is 19.3 Å². The number of carbonyl (C=O) groups excluding carboxylic acids is 4. The summed E-state index contributed by atoms with van der Waals surface area (Å²) in [7, 11) is 1.56. The first kappa shape index (κ1) is 22.2. The number of ether oxygens (including phenoxy) is 2. The van der Waals surface area contributed by atoms with Crippen molar-refractivity contribution in [1.29, 1.82) is 0 Å². The summed E-state index contributed by atoms with van der Waals surface area (Å²) in [5.74, 6) is -1.38. The highest BCUT2D eigenvalue weighted by Gasteiger charge is 2.36. The molecule has 3 amide bonds. The molecular formula is C23H24N2O6S. The second kappa shape index (κ2) is 9.22. The summed E-state index contributed by atoms with van der Waals surface area (Å²) in [6, 6.07) is 4.44. The Morgan fingerprint density at radius 3 is 2.62 bits per heavy atom. The van der Waals surface area contributed by atoms with Crippen molar-refractivity contribution >= 4 is 40.0 Å². The van der Waals surface area contributed by atoms with Crippen LogP contribution < -0.4 is 5.32 Å². The highest BCUT2D eigenvalue weighted by Crippen LogP contribution is 2.46. The molecule has 1 N–H and O–H groups in total. The summed E-state index contributed by atoms with van der Waals surface area (Å²) in [5, 5.41) is 5.11. The number of nitrogens with zero attached hydrogens (tertiary/aromatic N) is 1. The highest BCUT2D eigenvalue weighted by molar-refractivity contribution is 7.15. The zero-order chi connectivity index (χ0) is 22.8. The van der Waals surface area contributed by atoms with Gasteiger partial charge in [-0.25, -0.2) is 4.79 Å². The van der Waals surface area contributed by atoms with Crippen molar-refractivity contribution in [2.75, 3.05) is 32.2 Å². The van der Waals surface area contributed by atoms with E-state index in [9.17, 15) is 19.2 Å². The zero-order valence-corrected chi connectivity index (χ0v) is 18.8. The van der Waals surface area contributed by atoms with Crippen LogP contribution in [0.1, 0.15) is 79.1 Å². The highest BCUT2D eigenvalue weighted by atomic mass is 32.1. The normalized spacial score (nSPS) is 15.1. The lowest BCUT2D eigenvalue weighted by molar-refractivity contribution is 0.0525. The summed E-state index contributed by atoms with van der Waals surface area (Å²) < 4.78 is 10.2. The molecule has 1 aromatic carbocycles. The molecule has 9 heteroatoms. The molecule has 1 aromatic heterocycles. The van der Waals surface area contributed by atoms with Gasteiger partial charge in [-0.05, 0) is 61.2 Å².